The van der Waals surface area contributed by atoms with Crippen LogP contribution in [0.2, 0.25) is 0 Å². The first-order valence-electron chi connectivity index (χ1n) is 7.50. The van der Waals surface area contributed by atoms with Gasteiger partial charge in [0.25, 0.3) is 0 Å². The Hall–Kier alpha value is -3.57. The van der Waals surface area contributed by atoms with Gasteiger partial charge in [-0.05, 0) is 36.3 Å². The maximum absolute atomic E-state index is 12.6. The van der Waals surface area contributed by atoms with E-state index in [0.29, 0.717) is 22.6 Å². The van der Waals surface area contributed by atoms with Crippen LogP contribution in [0.5, 0.6) is 11.5 Å². The van der Waals surface area contributed by atoms with E-state index in [0.717, 1.165) is 5.56 Å². The summed E-state index contributed by atoms with van der Waals surface area (Å²) in [6.07, 6.45) is 1.51. The number of hydrogen-bond donors (Lipinski definition) is 0. The average molecular weight is 332 g/mol. The van der Waals surface area contributed by atoms with Gasteiger partial charge in [0.15, 0.2) is 18.1 Å². The van der Waals surface area contributed by atoms with Crippen molar-refractivity contribution in [2.45, 2.75) is 6.92 Å². The minimum atomic E-state index is -0.329. The van der Waals surface area contributed by atoms with Gasteiger partial charge in [-0.3, -0.25) is 4.79 Å². The van der Waals surface area contributed by atoms with Gasteiger partial charge in [0, 0.05) is 5.56 Å². The van der Waals surface area contributed by atoms with Crippen molar-refractivity contribution in [2.24, 2.45) is 0 Å². The van der Waals surface area contributed by atoms with E-state index < -0.39 is 0 Å². The molecule has 2 rings (SSSR count). The predicted octanol–water partition coefficient (Wildman–Crippen LogP) is 3.70. The zero-order valence-electron chi connectivity index (χ0n) is 13.9. The third-order valence-electron chi connectivity index (χ3n) is 3.55. The molecule has 5 heteroatoms. The standard InChI is InChI=1S/C20H16N2O3/c1-14-5-3-4-6-17(14)20(23)16(13-22)11-15-7-8-18(25-10-9-21)19(12-15)24-2/h3-8,11-12H,10H2,1-2H3/b16-11+. The molecule has 0 aliphatic carbocycles. The highest BCUT2D eigenvalue weighted by atomic mass is 16.5. The number of nitriles is 2. The third kappa shape index (κ3) is 4.25. The Morgan fingerprint density at radius 3 is 2.56 bits per heavy atom. The van der Waals surface area contributed by atoms with E-state index in [2.05, 4.69) is 0 Å². The van der Waals surface area contributed by atoms with Crippen molar-refractivity contribution in [3.05, 3.63) is 64.7 Å². The van der Waals surface area contributed by atoms with E-state index in [4.69, 9.17) is 14.7 Å². The molecule has 0 amide bonds. The van der Waals surface area contributed by atoms with Crippen LogP contribution in [0.3, 0.4) is 0 Å². The van der Waals surface area contributed by atoms with Crippen molar-refractivity contribution >= 4 is 11.9 Å². The summed E-state index contributed by atoms with van der Waals surface area (Å²) in [5.41, 5.74) is 1.96. The summed E-state index contributed by atoms with van der Waals surface area (Å²) in [6, 6.07) is 15.9. The number of benzene rings is 2. The highest BCUT2D eigenvalue weighted by molar-refractivity contribution is 6.14. The third-order valence-corrected chi connectivity index (χ3v) is 3.55. The fourth-order valence-electron chi connectivity index (χ4n) is 2.29. The molecule has 0 bridgehead atoms. The molecule has 0 radical (unpaired) electrons. The van der Waals surface area contributed by atoms with E-state index in [9.17, 15) is 10.1 Å². The fourth-order valence-corrected chi connectivity index (χ4v) is 2.29. The lowest BCUT2D eigenvalue weighted by molar-refractivity contribution is 0.103. The molecule has 0 heterocycles. The first-order chi connectivity index (χ1) is 12.1. The van der Waals surface area contributed by atoms with Crippen LogP contribution in [-0.2, 0) is 0 Å². The summed E-state index contributed by atoms with van der Waals surface area (Å²) in [5.74, 6) is 0.513. The topological polar surface area (TPSA) is 83.1 Å². The molecule has 0 spiro atoms. The summed E-state index contributed by atoms with van der Waals surface area (Å²) >= 11 is 0. The average Bonchev–Trinajstić information content (AvgIpc) is 2.64. The Balaban J connectivity index is 2.37. The van der Waals surface area contributed by atoms with Crippen molar-refractivity contribution < 1.29 is 14.3 Å². The number of nitrogens with zero attached hydrogens (tertiary/aromatic N) is 2. The molecule has 124 valence electrons. The second-order valence-electron chi connectivity index (χ2n) is 5.17. The number of Topliss-reactive ketones (excluding diaryl/α,β-unsaturated/α-hetero) is 1. The summed E-state index contributed by atoms with van der Waals surface area (Å²) in [5, 5.41) is 18.0. The van der Waals surface area contributed by atoms with Crippen LogP contribution in [0.1, 0.15) is 21.5 Å². The first-order valence-corrected chi connectivity index (χ1v) is 7.50. The summed E-state index contributed by atoms with van der Waals surface area (Å²) in [6.45, 7) is 1.73. The number of allylic oxidation sites excluding steroid dienone is 1. The molecule has 0 saturated carbocycles. The van der Waals surface area contributed by atoms with E-state index in [1.54, 1.807) is 30.3 Å². The number of aryl methyl sites for hydroxylation is 1. The Bertz CT molecular complexity index is 902. The molecule has 2 aromatic carbocycles. The van der Waals surface area contributed by atoms with Crippen molar-refractivity contribution in [1.82, 2.24) is 0 Å². The van der Waals surface area contributed by atoms with E-state index in [1.165, 1.54) is 13.2 Å². The van der Waals surface area contributed by atoms with Gasteiger partial charge < -0.3 is 9.47 Å². The van der Waals surface area contributed by atoms with Crippen LogP contribution in [0.25, 0.3) is 6.08 Å². The Morgan fingerprint density at radius 1 is 1.16 bits per heavy atom. The lowest BCUT2D eigenvalue weighted by atomic mass is 9.98. The molecule has 0 saturated heterocycles. The minimum Gasteiger partial charge on any atom is -0.493 e. The smallest absolute Gasteiger partial charge is 0.203 e. The zero-order valence-corrected chi connectivity index (χ0v) is 13.9. The zero-order chi connectivity index (χ0) is 18.2. The van der Waals surface area contributed by atoms with Gasteiger partial charge in [-0.2, -0.15) is 10.5 Å². The van der Waals surface area contributed by atoms with Crippen molar-refractivity contribution in [3.63, 3.8) is 0 Å². The molecular formula is C20H16N2O3. The quantitative estimate of drug-likeness (QED) is 0.457. The molecule has 0 aromatic heterocycles. The summed E-state index contributed by atoms with van der Waals surface area (Å²) in [4.78, 5) is 12.6. The number of hydrogen-bond acceptors (Lipinski definition) is 5. The molecule has 0 unspecified atom stereocenters. The van der Waals surface area contributed by atoms with Crippen molar-refractivity contribution in [1.29, 1.82) is 10.5 Å². The number of ether oxygens (including phenoxy) is 2. The highest BCUT2D eigenvalue weighted by Crippen LogP contribution is 2.29. The molecule has 5 nitrogen and oxygen atoms in total. The van der Waals surface area contributed by atoms with Gasteiger partial charge in [-0.1, -0.05) is 30.3 Å². The minimum absolute atomic E-state index is 0.0297. The Labute approximate surface area is 146 Å². The highest BCUT2D eigenvalue weighted by Gasteiger charge is 2.14. The van der Waals surface area contributed by atoms with E-state index in [-0.39, 0.29) is 18.0 Å². The summed E-state index contributed by atoms with van der Waals surface area (Å²) in [7, 11) is 1.48. The maximum Gasteiger partial charge on any atom is 0.203 e. The Kier molecular flexibility index (Phi) is 5.92. The van der Waals surface area contributed by atoms with Gasteiger partial charge in [-0.25, -0.2) is 0 Å². The van der Waals surface area contributed by atoms with Crippen LogP contribution in [-0.4, -0.2) is 19.5 Å². The predicted molar refractivity (Wildman–Crippen MR) is 93.2 cm³/mol. The molecule has 25 heavy (non-hydrogen) atoms. The second kappa shape index (κ2) is 8.33. The Morgan fingerprint density at radius 2 is 1.92 bits per heavy atom. The largest absolute Gasteiger partial charge is 0.493 e. The van der Waals surface area contributed by atoms with Gasteiger partial charge in [-0.15, -0.1) is 0 Å². The molecular weight excluding hydrogens is 316 g/mol. The molecule has 0 aliphatic heterocycles. The van der Waals surface area contributed by atoms with Crippen LogP contribution in [0.15, 0.2) is 48.0 Å². The van der Waals surface area contributed by atoms with Crippen LogP contribution in [0.4, 0.5) is 0 Å². The van der Waals surface area contributed by atoms with Gasteiger partial charge in [0.2, 0.25) is 5.78 Å². The fraction of sp³-hybridized carbons (Fsp3) is 0.150. The number of rotatable bonds is 6. The second-order valence-corrected chi connectivity index (χ2v) is 5.17. The summed E-state index contributed by atoms with van der Waals surface area (Å²) < 4.78 is 10.5. The number of ketones is 1. The van der Waals surface area contributed by atoms with Crippen molar-refractivity contribution in [3.8, 4) is 23.6 Å². The van der Waals surface area contributed by atoms with Crippen LogP contribution >= 0.6 is 0 Å². The molecule has 0 fully saturated rings. The van der Waals surface area contributed by atoms with Gasteiger partial charge in [0.1, 0.15) is 17.7 Å². The van der Waals surface area contributed by atoms with Crippen LogP contribution in [0, 0.1) is 29.6 Å². The lowest BCUT2D eigenvalue weighted by Gasteiger charge is -2.09. The number of carbonyl (C=O) groups excluding carboxylic acids is 1. The van der Waals surface area contributed by atoms with Gasteiger partial charge in [0.05, 0.1) is 7.11 Å². The van der Waals surface area contributed by atoms with Gasteiger partial charge >= 0.3 is 0 Å². The van der Waals surface area contributed by atoms with E-state index >= 15 is 0 Å². The SMILES string of the molecule is COc1cc(/C=C(\C#N)C(=O)c2ccccc2C)ccc1OCC#N. The first kappa shape index (κ1) is 17.8. The number of carbonyl (C=O) groups is 1. The molecule has 2 aromatic rings. The maximum atomic E-state index is 12.6. The van der Waals surface area contributed by atoms with Crippen molar-refractivity contribution in [2.75, 3.05) is 13.7 Å². The molecule has 0 aliphatic rings. The molecule has 0 atom stereocenters. The normalized spacial score (nSPS) is 10.5. The number of methoxy groups -OCH3 is 1. The lowest BCUT2D eigenvalue weighted by Crippen LogP contribution is -2.04. The van der Waals surface area contributed by atoms with Crippen LogP contribution < -0.4 is 9.47 Å². The molecule has 0 N–H and O–H groups in total. The van der Waals surface area contributed by atoms with E-state index in [1.807, 2.05) is 31.2 Å². The monoisotopic (exact) mass is 332 g/mol.